The standard InChI is InChI=1S/C12H19N3O2/c1-16-8-7-14-12(13)15-9-10-5-3-4-6-11(10)17-2/h3-6H,7-9H2,1-2H3,(H3,13,14,15). The summed E-state index contributed by atoms with van der Waals surface area (Å²) in [7, 11) is 3.28. The summed E-state index contributed by atoms with van der Waals surface area (Å²) in [5.41, 5.74) is 6.70. The molecule has 0 aliphatic heterocycles. The van der Waals surface area contributed by atoms with Crippen LogP contribution in [0.15, 0.2) is 29.3 Å². The van der Waals surface area contributed by atoms with Crippen LogP contribution in [0.5, 0.6) is 5.75 Å². The molecule has 0 aromatic heterocycles. The number of guanidine groups is 1. The third-order valence-corrected chi connectivity index (χ3v) is 2.22. The molecule has 0 heterocycles. The Balaban J connectivity index is 2.50. The fourth-order valence-electron chi connectivity index (χ4n) is 1.34. The molecule has 0 radical (unpaired) electrons. The zero-order valence-electron chi connectivity index (χ0n) is 10.3. The lowest BCUT2D eigenvalue weighted by atomic mass is 10.2. The Morgan fingerprint density at radius 1 is 1.35 bits per heavy atom. The summed E-state index contributed by atoms with van der Waals surface area (Å²) in [5, 5.41) is 2.95. The smallest absolute Gasteiger partial charge is 0.189 e. The first-order chi connectivity index (χ1) is 8.27. The highest BCUT2D eigenvalue weighted by atomic mass is 16.5. The van der Waals surface area contributed by atoms with Crippen LogP contribution in [-0.2, 0) is 11.3 Å². The van der Waals surface area contributed by atoms with E-state index in [0.29, 0.717) is 25.7 Å². The van der Waals surface area contributed by atoms with Crippen molar-refractivity contribution in [1.29, 1.82) is 0 Å². The monoisotopic (exact) mass is 237 g/mol. The molecule has 0 saturated carbocycles. The summed E-state index contributed by atoms with van der Waals surface area (Å²) in [5.74, 6) is 1.23. The Bertz CT molecular complexity index is 367. The lowest BCUT2D eigenvalue weighted by molar-refractivity contribution is 0.204. The molecule has 1 rings (SSSR count). The van der Waals surface area contributed by atoms with Crippen LogP contribution in [0.3, 0.4) is 0 Å². The number of rotatable bonds is 6. The molecule has 3 N–H and O–H groups in total. The molecule has 0 aliphatic rings. The van der Waals surface area contributed by atoms with Gasteiger partial charge in [0.25, 0.3) is 0 Å². The third-order valence-electron chi connectivity index (χ3n) is 2.22. The number of nitrogens with one attached hydrogen (secondary N) is 1. The van der Waals surface area contributed by atoms with E-state index in [-0.39, 0.29) is 0 Å². The Kier molecular flexibility index (Phi) is 5.88. The summed E-state index contributed by atoms with van der Waals surface area (Å²) in [4.78, 5) is 4.22. The van der Waals surface area contributed by atoms with Crippen LogP contribution in [0.1, 0.15) is 5.56 Å². The Labute approximate surface area is 102 Å². The van der Waals surface area contributed by atoms with Crippen molar-refractivity contribution in [3.05, 3.63) is 29.8 Å². The number of nitrogens with two attached hydrogens (primary N) is 1. The van der Waals surface area contributed by atoms with Crippen molar-refractivity contribution in [1.82, 2.24) is 5.32 Å². The number of para-hydroxylation sites is 1. The van der Waals surface area contributed by atoms with Gasteiger partial charge < -0.3 is 20.5 Å². The van der Waals surface area contributed by atoms with Crippen molar-refractivity contribution in [2.24, 2.45) is 10.7 Å². The second-order valence-electron chi connectivity index (χ2n) is 3.43. The van der Waals surface area contributed by atoms with Gasteiger partial charge in [0.05, 0.1) is 20.3 Å². The third kappa shape index (κ3) is 4.74. The van der Waals surface area contributed by atoms with E-state index in [2.05, 4.69) is 10.3 Å². The second kappa shape index (κ2) is 7.51. The van der Waals surface area contributed by atoms with Crippen molar-refractivity contribution < 1.29 is 9.47 Å². The first-order valence-corrected chi connectivity index (χ1v) is 5.42. The fraction of sp³-hybridized carbons (Fsp3) is 0.417. The molecule has 0 unspecified atom stereocenters. The van der Waals surface area contributed by atoms with E-state index < -0.39 is 0 Å². The van der Waals surface area contributed by atoms with Crippen LogP contribution in [0.4, 0.5) is 0 Å². The maximum absolute atomic E-state index is 5.70. The first kappa shape index (κ1) is 13.3. The second-order valence-corrected chi connectivity index (χ2v) is 3.43. The summed E-state index contributed by atoms with van der Waals surface area (Å²) in [6.07, 6.45) is 0. The van der Waals surface area contributed by atoms with Crippen molar-refractivity contribution in [2.45, 2.75) is 6.54 Å². The molecule has 94 valence electrons. The minimum absolute atomic E-state index is 0.410. The predicted octanol–water partition coefficient (Wildman–Crippen LogP) is 0.746. The summed E-state index contributed by atoms with van der Waals surface area (Å²) >= 11 is 0. The number of nitrogens with zero attached hydrogens (tertiary/aromatic N) is 1. The van der Waals surface area contributed by atoms with Gasteiger partial charge in [-0.05, 0) is 6.07 Å². The largest absolute Gasteiger partial charge is 0.496 e. The van der Waals surface area contributed by atoms with Crippen LogP contribution in [0, 0.1) is 0 Å². The van der Waals surface area contributed by atoms with Gasteiger partial charge in [0.2, 0.25) is 0 Å². The molecule has 5 heteroatoms. The van der Waals surface area contributed by atoms with Gasteiger partial charge in [-0.2, -0.15) is 0 Å². The number of ether oxygens (including phenoxy) is 2. The Hall–Kier alpha value is -1.75. The molecule has 1 aromatic carbocycles. The van der Waals surface area contributed by atoms with E-state index >= 15 is 0 Å². The molecule has 0 fully saturated rings. The average molecular weight is 237 g/mol. The van der Waals surface area contributed by atoms with Crippen molar-refractivity contribution in [3.63, 3.8) is 0 Å². The molecule has 0 saturated heterocycles. The van der Waals surface area contributed by atoms with Gasteiger partial charge >= 0.3 is 0 Å². The minimum Gasteiger partial charge on any atom is -0.496 e. The maximum atomic E-state index is 5.70. The zero-order chi connectivity index (χ0) is 12.5. The quantitative estimate of drug-likeness (QED) is 0.435. The van der Waals surface area contributed by atoms with E-state index in [9.17, 15) is 0 Å². The lowest BCUT2D eigenvalue weighted by Crippen LogP contribution is -2.34. The van der Waals surface area contributed by atoms with Crippen LogP contribution >= 0.6 is 0 Å². The highest BCUT2D eigenvalue weighted by Crippen LogP contribution is 2.17. The summed E-state index contributed by atoms with van der Waals surface area (Å²) < 4.78 is 10.1. The van der Waals surface area contributed by atoms with Crippen molar-refractivity contribution in [2.75, 3.05) is 27.4 Å². The first-order valence-electron chi connectivity index (χ1n) is 5.42. The molecule has 17 heavy (non-hydrogen) atoms. The molecule has 0 amide bonds. The molecule has 0 bridgehead atoms. The van der Waals surface area contributed by atoms with E-state index in [1.807, 2.05) is 24.3 Å². The van der Waals surface area contributed by atoms with E-state index in [1.165, 1.54) is 0 Å². The number of benzene rings is 1. The molecular formula is C12H19N3O2. The average Bonchev–Trinajstić information content (AvgIpc) is 2.37. The van der Waals surface area contributed by atoms with Crippen molar-refractivity contribution >= 4 is 5.96 Å². The number of methoxy groups -OCH3 is 2. The molecule has 0 aliphatic carbocycles. The molecular weight excluding hydrogens is 218 g/mol. The van der Waals surface area contributed by atoms with Crippen LogP contribution in [0.25, 0.3) is 0 Å². The predicted molar refractivity (Wildman–Crippen MR) is 68.2 cm³/mol. The number of aliphatic imine (C=N–C) groups is 1. The zero-order valence-corrected chi connectivity index (χ0v) is 10.3. The van der Waals surface area contributed by atoms with Crippen LogP contribution < -0.4 is 15.8 Å². The van der Waals surface area contributed by atoms with Gasteiger partial charge in [-0.25, -0.2) is 4.99 Å². The van der Waals surface area contributed by atoms with E-state index in [4.69, 9.17) is 15.2 Å². The summed E-state index contributed by atoms with van der Waals surface area (Å²) in [6, 6.07) is 7.73. The van der Waals surface area contributed by atoms with E-state index in [0.717, 1.165) is 11.3 Å². The van der Waals surface area contributed by atoms with Gasteiger partial charge in [-0.3, -0.25) is 0 Å². The lowest BCUT2D eigenvalue weighted by Gasteiger charge is -2.07. The maximum Gasteiger partial charge on any atom is 0.189 e. The van der Waals surface area contributed by atoms with Gasteiger partial charge in [0, 0.05) is 19.2 Å². The molecule has 0 spiro atoms. The minimum atomic E-state index is 0.410. The summed E-state index contributed by atoms with van der Waals surface area (Å²) in [6.45, 7) is 1.75. The normalized spacial score (nSPS) is 11.3. The molecule has 0 atom stereocenters. The topological polar surface area (TPSA) is 68.9 Å². The highest BCUT2D eigenvalue weighted by molar-refractivity contribution is 5.77. The van der Waals surface area contributed by atoms with Crippen LogP contribution in [-0.4, -0.2) is 33.3 Å². The Morgan fingerprint density at radius 2 is 2.12 bits per heavy atom. The number of hydrogen-bond donors (Lipinski definition) is 2. The van der Waals surface area contributed by atoms with Gasteiger partial charge in [0.15, 0.2) is 5.96 Å². The fourth-order valence-corrected chi connectivity index (χ4v) is 1.34. The highest BCUT2D eigenvalue weighted by Gasteiger charge is 2.00. The van der Waals surface area contributed by atoms with Gasteiger partial charge in [-0.1, -0.05) is 18.2 Å². The Morgan fingerprint density at radius 3 is 2.82 bits per heavy atom. The van der Waals surface area contributed by atoms with E-state index in [1.54, 1.807) is 14.2 Å². The number of hydrogen-bond acceptors (Lipinski definition) is 3. The molecule has 1 aromatic rings. The SMILES string of the molecule is COCCNC(N)=NCc1ccccc1OC. The van der Waals surface area contributed by atoms with Gasteiger partial charge in [-0.15, -0.1) is 0 Å². The van der Waals surface area contributed by atoms with Gasteiger partial charge in [0.1, 0.15) is 5.75 Å². The molecule has 5 nitrogen and oxygen atoms in total. The van der Waals surface area contributed by atoms with Crippen molar-refractivity contribution in [3.8, 4) is 5.75 Å². The van der Waals surface area contributed by atoms with Crippen LogP contribution in [0.2, 0.25) is 0 Å².